The van der Waals surface area contributed by atoms with Crippen LogP contribution in [0.4, 0.5) is 0 Å². The second-order valence-electron chi connectivity index (χ2n) is 5.48. The number of thiophene rings is 1. The normalized spacial score (nSPS) is 13.8. The van der Waals surface area contributed by atoms with Crippen molar-refractivity contribution in [1.29, 1.82) is 0 Å². The second-order valence-corrected chi connectivity index (χ2v) is 7.72. The van der Waals surface area contributed by atoms with Gasteiger partial charge in [-0.2, -0.15) is 0 Å². The molecule has 1 N–H and O–H groups in total. The minimum atomic E-state index is -0.255. The van der Waals surface area contributed by atoms with Crippen molar-refractivity contribution in [2.45, 2.75) is 23.7 Å². The van der Waals surface area contributed by atoms with Crippen molar-refractivity contribution in [3.05, 3.63) is 41.5 Å². The van der Waals surface area contributed by atoms with E-state index in [4.69, 9.17) is 9.47 Å². The molecule has 1 atom stereocenters. The number of nitrogens with zero attached hydrogens (tertiary/aromatic N) is 2. The summed E-state index contributed by atoms with van der Waals surface area (Å²) in [4.78, 5) is 20.9. The van der Waals surface area contributed by atoms with E-state index in [-0.39, 0.29) is 18.0 Å². The zero-order valence-corrected chi connectivity index (χ0v) is 15.0. The van der Waals surface area contributed by atoms with Crippen molar-refractivity contribution >= 4 is 39.2 Å². The molecule has 6 nitrogen and oxygen atoms in total. The Kier molecular flexibility index (Phi) is 4.46. The topological polar surface area (TPSA) is 73.3 Å². The van der Waals surface area contributed by atoms with Crippen LogP contribution in [0.1, 0.15) is 12.5 Å². The molecule has 0 bridgehead atoms. The third-order valence-electron chi connectivity index (χ3n) is 3.77. The highest BCUT2D eigenvalue weighted by atomic mass is 32.2. The quantitative estimate of drug-likeness (QED) is 0.547. The van der Waals surface area contributed by atoms with E-state index >= 15 is 0 Å². The first-order valence-corrected chi connectivity index (χ1v) is 9.48. The number of aromatic nitrogens is 2. The molecule has 0 aliphatic carbocycles. The molecular weight excluding hydrogens is 358 g/mol. The van der Waals surface area contributed by atoms with Crippen LogP contribution in [0, 0.1) is 0 Å². The van der Waals surface area contributed by atoms with Gasteiger partial charge in [0.05, 0.1) is 15.5 Å². The summed E-state index contributed by atoms with van der Waals surface area (Å²) in [6.07, 6.45) is 1.54. The third-order valence-corrected chi connectivity index (χ3v) is 5.91. The first kappa shape index (κ1) is 16.2. The van der Waals surface area contributed by atoms with E-state index in [1.165, 1.54) is 18.1 Å². The number of carbonyl (C=O) groups is 1. The van der Waals surface area contributed by atoms with Gasteiger partial charge in [0.15, 0.2) is 11.5 Å². The van der Waals surface area contributed by atoms with Gasteiger partial charge in [-0.1, -0.05) is 17.8 Å². The third kappa shape index (κ3) is 3.40. The summed E-state index contributed by atoms with van der Waals surface area (Å²) in [5.74, 6) is 1.42. The summed E-state index contributed by atoms with van der Waals surface area (Å²) in [6, 6.07) is 7.62. The monoisotopic (exact) mass is 373 g/mol. The summed E-state index contributed by atoms with van der Waals surface area (Å²) in [5, 5.41) is 5.52. The highest BCUT2D eigenvalue weighted by Crippen LogP contribution is 2.33. The first-order valence-electron chi connectivity index (χ1n) is 7.72. The minimum Gasteiger partial charge on any atom is -0.454 e. The smallest absolute Gasteiger partial charge is 0.233 e. The van der Waals surface area contributed by atoms with E-state index in [9.17, 15) is 4.79 Å². The van der Waals surface area contributed by atoms with E-state index < -0.39 is 0 Å². The number of benzene rings is 1. The Morgan fingerprint density at radius 2 is 2.20 bits per heavy atom. The number of carbonyl (C=O) groups excluding carboxylic acids is 1. The molecule has 128 valence electrons. The maximum atomic E-state index is 12.4. The van der Waals surface area contributed by atoms with Gasteiger partial charge in [-0.15, -0.1) is 11.3 Å². The van der Waals surface area contributed by atoms with Crippen molar-refractivity contribution in [2.24, 2.45) is 0 Å². The van der Waals surface area contributed by atoms with Gasteiger partial charge in [0.2, 0.25) is 12.7 Å². The average Bonchev–Trinajstić information content (AvgIpc) is 3.28. The molecule has 1 amide bonds. The molecule has 25 heavy (non-hydrogen) atoms. The summed E-state index contributed by atoms with van der Waals surface area (Å²) in [6.45, 7) is 2.56. The van der Waals surface area contributed by atoms with Gasteiger partial charge >= 0.3 is 0 Å². The molecule has 1 aliphatic heterocycles. The molecule has 0 saturated heterocycles. The minimum absolute atomic E-state index is 0.0361. The molecule has 8 heteroatoms. The van der Waals surface area contributed by atoms with Gasteiger partial charge < -0.3 is 14.8 Å². The van der Waals surface area contributed by atoms with Gasteiger partial charge in [0.1, 0.15) is 11.4 Å². The SMILES string of the molecule is C[C@H](Sc1ncnc2ccsc12)C(=O)NCc1ccc2c(c1)OCO2. The van der Waals surface area contributed by atoms with Crippen molar-refractivity contribution < 1.29 is 14.3 Å². The van der Waals surface area contributed by atoms with E-state index in [2.05, 4.69) is 15.3 Å². The fourth-order valence-electron chi connectivity index (χ4n) is 2.46. The number of amides is 1. The molecule has 3 heterocycles. The lowest BCUT2D eigenvalue weighted by Crippen LogP contribution is -2.30. The Morgan fingerprint density at radius 1 is 1.32 bits per heavy atom. The van der Waals surface area contributed by atoms with Crippen LogP contribution in [0.3, 0.4) is 0 Å². The molecule has 2 aromatic heterocycles. The fourth-order valence-corrected chi connectivity index (χ4v) is 4.32. The molecule has 4 rings (SSSR count). The fraction of sp³-hybridized carbons (Fsp3) is 0.235. The van der Waals surface area contributed by atoms with Gasteiger partial charge in [0, 0.05) is 6.54 Å². The molecule has 3 aromatic rings. The van der Waals surface area contributed by atoms with Crippen LogP contribution in [-0.4, -0.2) is 27.9 Å². The van der Waals surface area contributed by atoms with Crippen LogP contribution in [0.2, 0.25) is 0 Å². The Hall–Kier alpha value is -2.32. The molecule has 0 radical (unpaired) electrons. The lowest BCUT2D eigenvalue weighted by molar-refractivity contribution is -0.120. The highest BCUT2D eigenvalue weighted by molar-refractivity contribution is 8.00. The van der Waals surface area contributed by atoms with Gasteiger partial charge in [-0.3, -0.25) is 4.79 Å². The van der Waals surface area contributed by atoms with Crippen molar-refractivity contribution in [3.63, 3.8) is 0 Å². The summed E-state index contributed by atoms with van der Waals surface area (Å²) < 4.78 is 11.7. The molecule has 0 saturated carbocycles. The molecule has 0 fully saturated rings. The number of nitrogens with one attached hydrogen (secondary N) is 1. The van der Waals surface area contributed by atoms with E-state index in [1.807, 2.05) is 36.6 Å². The largest absolute Gasteiger partial charge is 0.454 e. The zero-order valence-electron chi connectivity index (χ0n) is 13.4. The zero-order chi connectivity index (χ0) is 17.2. The number of fused-ring (bicyclic) bond motifs is 2. The van der Waals surface area contributed by atoms with Crippen molar-refractivity contribution in [3.8, 4) is 11.5 Å². The average molecular weight is 373 g/mol. The van der Waals surface area contributed by atoms with Crippen LogP contribution in [-0.2, 0) is 11.3 Å². The number of thioether (sulfide) groups is 1. The number of ether oxygens (including phenoxy) is 2. The van der Waals surface area contributed by atoms with Crippen LogP contribution in [0.15, 0.2) is 41.0 Å². The van der Waals surface area contributed by atoms with E-state index in [0.29, 0.717) is 6.54 Å². The Balaban J connectivity index is 1.38. The van der Waals surface area contributed by atoms with E-state index in [1.54, 1.807) is 11.3 Å². The van der Waals surface area contributed by atoms with Crippen molar-refractivity contribution in [2.75, 3.05) is 6.79 Å². The number of rotatable bonds is 5. The van der Waals surface area contributed by atoms with Gasteiger partial charge in [0.25, 0.3) is 0 Å². The Morgan fingerprint density at radius 3 is 3.12 bits per heavy atom. The molecule has 1 aliphatic rings. The molecule has 0 spiro atoms. The predicted octanol–water partition coefficient (Wildman–Crippen LogP) is 3.22. The van der Waals surface area contributed by atoms with Crippen LogP contribution in [0.5, 0.6) is 11.5 Å². The van der Waals surface area contributed by atoms with E-state index in [0.717, 1.165) is 32.3 Å². The lowest BCUT2D eigenvalue weighted by Gasteiger charge is -2.12. The highest BCUT2D eigenvalue weighted by Gasteiger charge is 2.18. The maximum absolute atomic E-state index is 12.4. The molecule has 1 aromatic carbocycles. The number of hydrogen-bond donors (Lipinski definition) is 1. The summed E-state index contributed by atoms with van der Waals surface area (Å²) >= 11 is 3.03. The van der Waals surface area contributed by atoms with Gasteiger partial charge in [-0.25, -0.2) is 9.97 Å². The lowest BCUT2D eigenvalue weighted by atomic mass is 10.2. The maximum Gasteiger partial charge on any atom is 0.233 e. The van der Waals surface area contributed by atoms with Crippen LogP contribution < -0.4 is 14.8 Å². The molecule has 0 unspecified atom stereocenters. The molecular formula is C17H15N3O3S2. The van der Waals surface area contributed by atoms with Crippen molar-refractivity contribution in [1.82, 2.24) is 15.3 Å². The standard InChI is InChI=1S/C17H15N3O3S2/c1-10(25-17-15-12(4-5-24-15)19-8-20-17)16(21)18-7-11-2-3-13-14(6-11)23-9-22-13/h2-6,8,10H,7,9H2,1H3,(H,18,21)/t10-/m0/s1. The second kappa shape index (κ2) is 6.89. The van der Waals surface area contributed by atoms with Gasteiger partial charge in [-0.05, 0) is 36.1 Å². The Labute approximate surface area is 152 Å². The Bertz CT molecular complexity index is 928. The summed E-state index contributed by atoms with van der Waals surface area (Å²) in [5.41, 5.74) is 1.88. The van der Waals surface area contributed by atoms with Crippen LogP contribution in [0.25, 0.3) is 10.2 Å². The number of hydrogen-bond acceptors (Lipinski definition) is 7. The first-order chi connectivity index (χ1) is 12.2. The predicted molar refractivity (Wildman–Crippen MR) is 97.1 cm³/mol. The summed E-state index contributed by atoms with van der Waals surface area (Å²) in [7, 11) is 0. The van der Waals surface area contributed by atoms with Crippen LogP contribution >= 0.6 is 23.1 Å².